The average Bonchev–Trinajstić information content (AvgIpc) is 2.67. The van der Waals surface area contributed by atoms with E-state index < -0.39 is 5.91 Å². The SMILES string of the molecule is N#Cc1ccccc1OCC(=O)N/N=C\c1cc2ccccc2nc1Cl. The zero-order valence-corrected chi connectivity index (χ0v) is 14.3. The lowest BCUT2D eigenvalue weighted by atomic mass is 10.2. The fourth-order valence-corrected chi connectivity index (χ4v) is 2.43. The largest absolute Gasteiger partial charge is 0.482 e. The fraction of sp³-hybridized carbons (Fsp3) is 0.0526. The molecule has 3 aromatic rings. The summed E-state index contributed by atoms with van der Waals surface area (Å²) in [5.41, 5.74) is 4.07. The van der Waals surface area contributed by atoms with Crippen molar-refractivity contribution in [3.63, 3.8) is 0 Å². The summed E-state index contributed by atoms with van der Waals surface area (Å²) in [6, 6.07) is 18.1. The molecule has 6 nitrogen and oxygen atoms in total. The molecular weight excluding hydrogens is 352 g/mol. The smallest absolute Gasteiger partial charge is 0.277 e. The van der Waals surface area contributed by atoms with Gasteiger partial charge in [0.2, 0.25) is 0 Å². The van der Waals surface area contributed by atoms with Crippen molar-refractivity contribution in [3.05, 3.63) is 70.9 Å². The topological polar surface area (TPSA) is 87.4 Å². The molecule has 7 heteroatoms. The molecule has 0 aliphatic heterocycles. The van der Waals surface area contributed by atoms with Crippen LogP contribution in [0.25, 0.3) is 10.9 Å². The highest BCUT2D eigenvalue weighted by Crippen LogP contribution is 2.19. The molecule has 0 spiro atoms. The summed E-state index contributed by atoms with van der Waals surface area (Å²) in [7, 11) is 0. The number of pyridine rings is 1. The molecule has 0 fully saturated rings. The summed E-state index contributed by atoms with van der Waals surface area (Å²) in [5.74, 6) is -0.116. The molecule has 0 saturated heterocycles. The molecular formula is C19H13ClN4O2. The molecule has 0 atom stereocenters. The van der Waals surface area contributed by atoms with Crippen molar-refractivity contribution in [2.24, 2.45) is 5.10 Å². The highest BCUT2D eigenvalue weighted by atomic mass is 35.5. The van der Waals surface area contributed by atoms with Gasteiger partial charge in [0.25, 0.3) is 5.91 Å². The zero-order chi connectivity index (χ0) is 18.4. The summed E-state index contributed by atoms with van der Waals surface area (Å²) >= 11 is 6.12. The second-order valence-corrected chi connectivity index (χ2v) is 5.61. The number of fused-ring (bicyclic) bond motifs is 1. The predicted molar refractivity (Wildman–Crippen MR) is 99.1 cm³/mol. The number of hydrazone groups is 1. The van der Waals surface area contributed by atoms with Crippen LogP contribution < -0.4 is 10.2 Å². The molecule has 0 unspecified atom stereocenters. The number of para-hydroxylation sites is 2. The van der Waals surface area contributed by atoms with Crippen LogP contribution in [0.5, 0.6) is 5.75 Å². The molecule has 1 amide bonds. The first-order chi connectivity index (χ1) is 12.7. The molecule has 3 rings (SSSR count). The van der Waals surface area contributed by atoms with E-state index in [4.69, 9.17) is 21.6 Å². The van der Waals surface area contributed by atoms with Gasteiger partial charge >= 0.3 is 0 Å². The summed E-state index contributed by atoms with van der Waals surface area (Å²) in [4.78, 5) is 16.1. The minimum Gasteiger partial charge on any atom is -0.482 e. The van der Waals surface area contributed by atoms with Crippen LogP contribution in [0, 0.1) is 11.3 Å². The Labute approximate surface area is 154 Å². The van der Waals surface area contributed by atoms with Crippen molar-refractivity contribution in [2.75, 3.05) is 6.61 Å². The lowest BCUT2D eigenvalue weighted by Gasteiger charge is -2.06. The highest BCUT2D eigenvalue weighted by molar-refractivity contribution is 6.32. The van der Waals surface area contributed by atoms with Gasteiger partial charge in [0, 0.05) is 10.9 Å². The zero-order valence-electron chi connectivity index (χ0n) is 13.5. The van der Waals surface area contributed by atoms with Gasteiger partial charge in [-0.2, -0.15) is 10.4 Å². The number of amides is 1. The normalized spacial score (nSPS) is 10.6. The van der Waals surface area contributed by atoms with Crippen molar-refractivity contribution in [1.29, 1.82) is 5.26 Å². The van der Waals surface area contributed by atoms with Crippen LogP contribution in [-0.4, -0.2) is 23.7 Å². The van der Waals surface area contributed by atoms with Gasteiger partial charge in [-0.15, -0.1) is 0 Å². The van der Waals surface area contributed by atoms with Crippen LogP contribution in [0.2, 0.25) is 5.15 Å². The van der Waals surface area contributed by atoms with E-state index in [0.717, 1.165) is 10.9 Å². The summed E-state index contributed by atoms with van der Waals surface area (Å²) in [6.45, 7) is -0.264. The van der Waals surface area contributed by atoms with Crippen molar-refractivity contribution in [1.82, 2.24) is 10.4 Å². The number of benzene rings is 2. The second kappa shape index (κ2) is 8.10. The minimum absolute atomic E-state index is 0.264. The molecule has 0 bridgehead atoms. The van der Waals surface area contributed by atoms with Crippen LogP contribution in [0.15, 0.2) is 59.7 Å². The van der Waals surface area contributed by atoms with E-state index in [2.05, 4.69) is 15.5 Å². The first-order valence-corrected chi connectivity index (χ1v) is 8.04. The fourth-order valence-electron chi connectivity index (χ4n) is 2.23. The van der Waals surface area contributed by atoms with Crippen molar-refractivity contribution >= 4 is 34.6 Å². The average molecular weight is 365 g/mol. The molecule has 0 aliphatic carbocycles. The number of nitrogens with one attached hydrogen (secondary N) is 1. The van der Waals surface area contributed by atoms with Crippen LogP contribution in [0.3, 0.4) is 0 Å². The van der Waals surface area contributed by atoms with E-state index in [1.807, 2.05) is 36.4 Å². The lowest BCUT2D eigenvalue weighted by Crippen LogP contribution is -2.24. The number of nitriles is 1. The third kappa shape index (κ3) is 4.15. The standard InChI is InChI=1S/C19H13ClN4O2/c20-19-15(9-13-5-1-3-7-16(13)23-19)11-22-24-18(25)12-26-17-8-4-2-6-14(17)10-21/h1-9,11H,12H2,(H,24,25)/b22-11-. The molecule has 26 heavy (non-hydrogen) atoms. The number of carbonyl (C=O) groups is 1. The Bertz CT molecular complexity index is 1030. The number of rotatable bonds is 5. The lowest BCUT2D eigenvalue weighted by molar-refractivity contribution is -0.123. The van der Waals surface area contributed by atoms with Gasteiger partial charge < -0.3 is 4.74 Å². The summed E-state index contributed by atoms with van der Waals surface area (Å²) in [5, 5.41) is 14.1. The van der Waals surface area contributed by atoms with E-state index in [9.17, 15) is 4.79 Å². The maximum absolute atomic E-state index is 11.8. The summed E-state index contributed by atoms with van der Waals surface area (Å²) < 4.78 is 5.33. The monoisotopic (exact) mass is 364 g/mol. The van der Waals surface area contributed by atoms with Crippen LogP contribution in [0.1, 0.15) is 11.1 Å². The van der Waals surface area contributed by atoms with E-state index >= 15 is 0 Å². The maximum atomic E-state index is 11.8. The number of hydrogen-bond donors (Lipinski definition) is 1. The number of hydrogen-bond acceptors (Lipinski definition) is 5. The van der Waals surface area contributed by atoms with E-state index in [1.54, 1.807) is 24.3 Å². The molecule has 0 radical (unpaired) electrons. The minimum atomic E-state index is -0.459. The molecule has 0 aliphatic rings. The Morgan fingerprint density at radius 2 is 2.04 bits per heavy atom. The Kier molecular flexibility index (Phi) is 5.42. The van der Waals surface area contributed by atoms with Gasteiger partial charge in [0.05, 0.1) is 17.3 Å². The molecule has 1 aromatic heterocycles. The Morgan fingerprint density at radius 3 is 2.88 bits per heavy atom. The third-order valence-electron chi connectivity index (χ3n) is 3.46. The molecule has 2 aromatic carbocycles. The van der Waals surface area contributed by atoms with Crippen LogP contribution in [0.4, 0.5) is 0 Å². The molecule has 1 N–H and O–H groups in total. The van der Waals surface area contributed by atoms with Gasteiger partial charge in [-0.05, 0) is 24.3 Å². The van der Waals surface area contributed by atoms with E-state index in [-0.39, 0.29) is 6.61 Å². The third-order valence-corrected chi connectivity index (χ3v) is 3.77. The van der Waals surface area contributed by atoms with Gasteiger partial charge in [-0.3, -0.25) is 4.79 Å². The first-order valence-electron chi connectivity index (χ1n) is 7.66. The van der Waals surface area contributed by atoms with Gasteiger partial charge in [0.1, 0.15) is 17.0 Å². The van der Waals surface area contributed by atoms with Gasteiger partial charge in [-0.25, -0.2) is 10.4 Å². The molecule has 128 valence electrons. The van der Waals surface area contributed by atoms with Crippen molar-refractivity contribution in [2.45, 2.75) is 0 Å². The molecule has 0 saturated carbocycles. The van der Waals surface area contributed by atoms with E-state index in [0.29, 0.717) is 22.0 Å². The Hall–Kier alpha value is -3.43. The van der Waals surface area contributed by atoms with Crippen molar-refractivity contribution in [3.8, 4) is 11.8 Å². The predicted octanol–water partition coefficient (Wildman–Crippen LogP) is 3.29. The number of halogens is 1. The van der Waals surface area contributed by atoms with E-state index in [1.165, 1.54) is 6.21 Å². The number of aromatic nitrogens is 1. The maximum Gasteiger partial charge on any atom is 0.277 e. The highest BCUT2D eigenvalue weighted by Gasteiger charge is 2.06. The second-order valence-electron chi connectivity index (χ2n) is 5.25. The quantitative estimate of drug-likeness (QED) is 0.427. The molecule has 1 heterocycles. The van der Waals surface area contributed by atoms with Crippen molar-refractivity contribution < 1.29 is 9.53 Å². The van der Waals surface area contributed by atoms with Crippen LogP contribution in [-0.2, 0) is 4.79 Å². The number of carbonyl (C=O) groups excluding carboxylic acids is 1. The Balaban J connectivity index is 1.61. The number of ether oxygens (including phenoxy) is 1. The first kappa shape index (κ1) is 17.4. The van der Waals surface area contributed by atoms with Gasteiger partial charge in [-0.1, -0.05) is 41.9 Å². The summed E-state index contributed by atoms with van der Waals surface area (Å²) in [6.07, 6.45) is 1.42. The Morgan fingerprint density at radius 1 is 1.27 bits per heavy atom. The number of nitrogens with zero attached hydrogens (tertiary/aromatic N) is 3. The van der Waals surface area contributed by atoms with Crippen LogP contribution >= 0.6 is 11.6 Å². The van der Waals surface area contributed by atoms with Gasteiger partial charge in [0.15, 0.2) is 6.61 Å².